The maximum atomic E-state index is 11.9. The first-order valence-corrected chi connectivity index (χ1v) is 6.89. The van der Waals surface area contributed by atoms with Crippen LogP contribution in [-0.2, 0) is 4.79 Å². The smallest absolute Gasteiger partial charge is 0.234 e. The molecule has 3 rings (SSSR count). The summed E-state index contributed by atoms with van der Waals surface area (Å²) in [4.78, 5) is 22.1. The highest BCUT2D eigenvalue weighted by Crippen LogP contribution is 2.34. The lowest BCUT2D eigenvalue weighted by molar-refractivity contribution is -0.497. The van der Waals surface area contributed by atoms with Crippen LogP contribution in [0, 0.1) is 16.0 Å². The minimum absolute atomic E-state index is 0.266. The van der Waals surface area contributed by atoms with Crippen molar-refractivity contribution in [2.24, 2.45) is 5.92 Å². The highest BCUT2D eigenvalue weighted by atomic mass is 16.6. The second kappa shape index (κ2) is 4.83. The Morgan fingerprint density at radius 2 is 2.29 bits per heavy atom. The van der Waals surface area contributed by atoms with Crippen molar-refractivity contribution in [2.75, 3.05) is 5.32 Å². The SMILES string of the molecule is CC(C)n1cc2cc(NC(=O)[C@@H]3C[C@@H]3[N+](=O)[O-])ccc2n1. The summed E-state index contributed by atoms with van der Waals surface area (Å²) in [6, 6.07) is 4.98. The van der Waals surface area contributed by atoms with E-state index in [4.69, 9.17) is 0 Å². The van der Waals surface area contributed by atoms with Gasteiger partial charge in [0.25, 0.3) is 0 Å². The molecular formula is C14H16N4O3. The fourth-order valence-electron chi connectivity index (χ4n) is 2.32. The van der Waals surface area contributed by atoms with Crippen molar-refractivity contribution in [3.8, 4) is 0 Å². The number of rotatable bonds is 4. The van der Waals surface area contributed by atoms with Gasteiger partial charge in [-0.1, -0.05) is 0 Å². The van der Waals surface area contributed by atoms with Crippen LogP contribution in [0.3, 0.4) is 0 Å². The number of aromatic nitrogens is 2. The summed E-state index contributed by atoms with van der Waals surface area (Å²) < 4.78 is 1.86. The fourth-order valence-corrected chi connectivity index (χ4v) is 2.32. The van der Waals surface area contributed by atoms with Crippen molar-refractivity contribution < 1.29 is 9.72 Å². The quantitative estimate of drug-likeness (QED) is 0.690. The molecule has 2 atom stereocenters. The van der Waals surface area contributed by atoms with E-state index in [9.17, 15) is 14.9 Å². The molecule has 0 radical (unpaired) electrons. The molecule has 1 saturated carbocycles. The van der Waals surface area contributed by atoms with Gasteiger partial charge in [0.2, 0.25) is 11.9 Å². The minimum atomic E-state index is -0.725. The third kappa shape index (κ3) is 2.58. The molecule has 1 N–H and O–H groups in total. The van der Waals surface area contributed by atoms with Gasteiger partial charge in [-0.15, -0.1) is 0 Å². The Kier molecular flexibility index (Phi) is 3.12. The van der Waals surface area contributed by atoms with Gasteiger partial charge in [-0.3, -0.25) is 19.6 Å². The van der Waals surface area contributed by atoms with E-state index in [1.54, 1.807) is 6.07 Å². The molecule has 0 spiro atoms. The van der Waals surface area contributed by atoms with E-state index >= 15 is 0 Å². The Hall–Kier alpha value is -2.44. The zero-order chi connectivity index (χ0) is 15.1. The van der Waals surface area contributed by atoms with Crippen LogP contribution in [0.25, 0.3) is 10.9 Å². The lowest BCUT2D eigenvalue weighted by Gasteiger charge is -2.03. The van der Waals surface area contributed by atoms with Gasteiger partial charge in [0.05, 0.1) is 5.52 Å². The number of anilines is 1. The molecule has 1 aliphatic rings. The predicted molar refractivity (Wildman–Crippen MR) is 77.6 cm³/mol. The van der Waals surface area contributed by atoms with Crippen molar-refractivity contribution in [1.82, 2.24) is 9.78 Å². The molecule has 0 bridgehead atoms. The highest BCUT2D eigenvalue weighted by molar-refractivity contribution is 5.96. The number of nitrogens with zero attached hydrogens (tertiary/aromatic N) is 3. The summed E-state index contributed by atoms with van der Waals surface area (Å²) in [6.07, 6.45) is 2.25. The zero-order valence-corrected chi connectivity index (χ0v) is 11.8. The zero-order valence-electron chi connectivity index (χ0n) is 11.8. The molecule has 7 nitrogen and oxygen atoms in total. The summed E-state index contributed by atoms with van der Waals surface area (Å²) in [5, 5.41) is 18.7. The van der Waals surface area contributed by atoms with Crippen LogP contribution in [0.15, 0.2) is 24.4 Å². The van der Waals surface area contributed by atoms with Crippen molar-refractivity contribution in [2.45, 2.75) is 32.4 Å². The molecule has 1 aromatic carbocycles. The van der Waals surface area contributed by atoms with Crippen molar-refractivity contribution in [3.63, 3.8) is 0 Å². The number of nitrogens with one attached hydrogen (secondary N) is 1. The van der Waals surface area contributed by atoms with E-state index in [1.165, 1.54) is 0 Å². The van der Waals surface area contributed by atoms with Crippen molar-refractivity contribution >= 4 is 22.5 Å². The third-order valence-electron chi connectivity index (χ3n) is 3.68. The van der Waals surface area contributed by atoms with E-state index in [0.29, 0.717) is 12.1 Å². The van der Waals surface area contributed by atoms with Gasteiger partial charge in [0.1, 0.15) is 5.92 Å². The predicted octanol–water partition coefficient (Wildman–Crippen LogP) is 2.22. The van der Waals surface area contributed by atoms with E-state index in [2.05, 4.69) is 10.4 Å². The van der Waals surface area contributed by atoms with Crippen LogP contribution >= 0.6 is 0 Å². The molecule has 1 aliphatic carbocycles. The van der Waals surface area contributed by atoms with E-state index < -0.39 is 12.0 Å². The molecule has 0 unspecified atom stereocenters. The maximum Gasteiger partial charge on any atom is 0.234 e. The van der Waals surface area contributed by atoms with Crippen LogP contribution < -0.4 is 5.32 Å². The Bertz CT molecular complexity index is 722. The summed E-state index contributed by atoms with van der Waals surface area (Å²) in [7, 11) is 0. The standard InChI is InChI=1S/C14H16N4O3/c1-8(2)17-7-9-5-10(3-4-12(9)16-17)15-14(19)11-6-13(11)18(20)21/h3-5,7-8,11,13H,6H2,1-2H3,(H,15,19)/t11-,13+/m1/s1. The molecule has 21 heavy (non-hydrogen) atoms. The molecule has 7 heteroatoms. The van der Waals surface area contributed by atoms with Crippen LogP contribution in [-0.4, -0.2) is 26.7 Å². The highest BCUT2D eigenvalue weighted by Gasteiger charge is 2.53. The number of benzene rings is 1. The lowest BCUT2D eigenvalue weighted by atomic mass is 10.2. The number of nitro groups is 1. The Morgan fingerprint density at radius 1 is 1.52 bits per heavy atom. The molecule has 0 aliphatic heterocycles. The summed E-state index contributed by atoms with van der Waals surface area (Å²) in [5.41, 5.74) is 1.50. The first kappa shape index (κ1) is 13.5. The van der Waals surface area contributed by atoms with E-state index in [-0.39, 0.29) is 16.9 Å². The third-order valence-corrected chi connectivity index (χ3v) is 3.68. The van der Waals surface area contributed by atoms with Gasteiger partial charge in [0, 0.05) is 34.7 Å². The van der Waals surface area contributed by atoms with Crippen LogP contribution in [0.5, 0.6) is 0 Å². The molecular weight excluding hydrogens is 272 g/mol. The second-order valence-corrected chi connectivity index (χ2v) is 5.66. The molecule has 0 saturated heterocycles. The van der Waals surface area contributed by atoms with Crippen LogP contribution in [0.4, 0.5) is 5.69 Å². The van der Waals surface area contributed by atoms with Gasteiger partial charge < -0.3 is 5.32 Å². The number of carbonyl (C=O) groups is 1. The molecule has 2 aromatic rings. The first-order chi connectivity index (χ1) is 9.95. The van der Waals surface area contributed by atoms with Gasteiger partial charge in [0.15, 0.2) is 0 Å². The van der Waals surface area contributed by atoms with Gasteiger partial charge in [-0.25, -0.2) is 0 Å². The number of hydrogen-bond acceptors (Lipinski definition) is 4. The number of amides is 1. The molecule has 1 heterocycles. The van der Waals surface area contributed by atoms with Gasteiger partial charge >= 0.3 is 0 Å². The Balaban J connectivity index is 1.75. The number of hydrogen-bond donors (Lipinski definition) is 1. The normalized spacial score (nSPS) is 20.7. The maximum absolute atomic E-state index is 11.9. The second-order valence-electron chi connectivity index (χ2n) is 5.66. The Labute approximate surface area is 121 Å². The van der Waals surface area contributed by atoms with Gasteiger partial charge in [-0.05, 0) is 32.0 Å². The molecule has 1 amide bonds. The monoisotopic (exact) mass is 288 g/mol. The largest absolute Gasteiger partial charge is 0.326 e. The summed E-state index contributed by atoms with van der Waals surface area (Å²) in [5.74, 6) is -0.790. The fraction of sp³-hybridized carbons (Fsp3) is 0.429. The number of fused-ring (bicyclic) bond motifs is 1. The topological polar surface area (TPSA) is 90.1 Å². The Morgan fingerprint density at radius 3 is 2.90 bits per heavy atom. The van der Waals surface area contributed by atoms with E-state index in [0.717, 1.165) is 10.9 Å². The summed E-state index contributed by atoms with van der Waals surface area (Å²) >= 11 is 0. The van der Waals surface area contributed by atoms with E-state index in [1.807, 2.05) is 36.9 Å². The molecule has 110 valence electrons. The van der Waals surface area contributed by atoms with Crippen molar-refractivity contribution in [3.05, 3.63) is 34.5 Å². The van der Waals surface area contributed by atoms with Crippen LogP contribution in [0.2, 0.25) is 0 Å². The number of carbonyl (C=O) groups excluding carboxylic acids is 1. The average molecular weight is 288 g/mol. The molecule has 1 aromatic heterocycles. The lowest BCUT2D eigenvalue weighted by Crippen LogP contribution is -2.18. The summed E-state index contributed by atoms with van der Waals surface area (Å²) in [6.45, 7) is 4.08. The van der Waals surface area contributed by atoms with Gasteiger partial charge in [-0.2, -0.15) is 5.10 Å². The van der Waals surface area contributed by atoms with Crippen LogP contribution in [0.1, 0.15) is 26.3 Å². The average Bonchev–Trinajstić information content (AvgIpc) is 3.12. The first-order valence-electron chi connectivity index (χ1n) is 6.89. The minimum Gasteiger partial charge on any atom is -0.326 e. The van der Waals surface area contributed by atoms with Crippen molar-refractivity contribution in [1.29, 1.82) is 0 Å². The molecule has 1 fully saturated rings.